The summed E-state index contributed by atoms with van der Waals surface area (Å²) in [6.07, 6.45) is 2.44. The lowest BCUT2D eigenvalue weighted by Gasteiger charge is -2.07. The molecule has 3 aromatic rings. The molecule has 6 heteroatoms. The average Bonchev–Trinajstić information content (AvgIpc) is 2.82. The van der Waals surface area contributed by atoms with Crippen LogP contribution in [-0.4, -0.2) is 14.5 Å². The Morgan fingerprint density at radius 2 is 2.19 bits per heavy atom. The second-order valence-corrected chi connectivity index (χ2v) is 6.46. The smallest absolute Gasteiger partial charge is 0.263 e. The predicted octanol–water partition coefficient (Wildman–Crippen LogP) is 3.43. The molecule has 4 nitrogen and oxygen atoms in total. The summed E-state index contributed by atoms with van der Waals surface area (Å²) in [6, 6.07) is 5.30. The number of hydrogen-bond donors (Lipinski definition) is 0. The molecule has 0 spiro atoms. The first-order chi connectivity index (χ1) is 10.1. The molecule has 0 aliphatic rings. The zero-order chi connectivity index (χ0) is 15.0. The van der Waals surface area contributed by atoms with E-state index in [1.807, 2.05) is 6.92 Å². The molecule has 21 heavy (non-hydrogen) atoms. The predicted molar refractivity (Wildman–Crippen MR) is 86.3 cm³/mol. The van der Waals surface area contributed by atoms with Crippen LogP contribution in [0, 0.1) is 6.92 Å². The maximum atomic E-state index is 12.6. The average molecular weight is 320 g/mol. The molecule has 108 valence electrons. The largest absolute Gasteiger partial charge is 0.293 e. The second-order valence-electron chi connectivity index (χ2n) is 4.77. The fourth-order valence-corrected chi connectivity index (χ4v) is 3.61. The number of nitrogens with zero attached hydrogens (tertiary/aromatic N) is 3. The number of aryl methyl sites for hydroxylation is 2. The Morgan fingerprint density at radius 3 is 2.95 bits per heavy atom. The lowest BCUT2D eigenvalue weighted by atomic mass is 10.2. The Kier molecular flexibility index (Phi) is 3.78. The van der Waals surface area contributed by atoms with E-state index in [4.69, 9.17) is 11.6 Å². The zero-order valence-corrected chi connectivity index (χ0v) is 13.3. The number of hydrogen-bond acceptors (Lipinski definition) is 4. The SMILES string of the molecule is CCc1nc(C)sc1Cn1cnc2cccc(Cl)c2c1=O. The minimum absolute atomic E-state index is 0.112. The number of fused-ring (bicyclic) bond motifs is 1. The van der Waals surface area contributed by atoms with Crippen LogP contribution in [0.15, 0.2) is 29.3 Å². The van der Waals surface area contributed by atoms with Crippen LogP contribution in [-0.2, 0) is 13.0 Å². The van der Waals surface area contributed by atoms with E-state index in [1.165, 1.54) is 0 Å². The van der Waals surface area contributed by atoms with Crippen molar-refractivity contribution in [1.82, 2.24) is 14.5 Å². The Morgan fingerprint density at radius 1 is 1.38 bits per heavy atom. The van der Waals surface area contributed by atoms with Crippen molar-refractivity contribution in [1.29, 1.82) is 0 Å². The van der Waals surface area contributed by atoms with Gasteiger partial charge in [0, 0.05) is 4.88 Å². The van der Waals surface area contributed by atoms with Crippen molar-refractivity contribution < 1.29 is 0 Å². The molecule has 0 aliphatic carbocycles. The summed E-state index contributed by atoms with van der Waals surface area (Å²) in [5.74, 6) is 0. The third-order valence-electron chi connectivity index (χ3n) is 3.34. The van der Waals surface area contributed by atoms with Crippen molar-refractivity contribution in [3.8, 4) is 0 Å². The normalized spacial score (nSPS) is 11.2. The summed E-state index contributed by atoms with van der Waals surface area (Å²) in [5.41, 5.74) is 1.56. The number of benzene rings is 1. The van der Waals surface area contributed by atoms with Crippen molar-refractivity contribution >= 4 is 33.8 Å². The van der Waals surface area contributed by atoms with Gasteiger partial charge in [0.25, 0.3) is 5.56 Å². The quantitative estimate of drug-likeness (QED) is 0.743. The van der Waals surface area contributed by atoms with Crippen molar-refractivity contribution in [2.24, 2.45) is 0 Å². The van der Waals surface area contributed by atoms with Gasteiger partial charge in [-0.2, -0.15) is 0 Å². The molecule has 0 bridgehead atoms. The van der Waals surface area contributed by atoms with Gasteiger partial charge in [-0.15, -0.1) is 11.3 Å². The monoisotopic (exact) mass is 319 g/mol. The third-order valence-corrected chi connectivity index (χ3v) is 4.65. The molecule has 0 atom stereocenters. The summed E-state index contributed by atoms with van der Waals surface area (Å²) in [5, 5.41) is 1.93. The molecule has 0 aliphatic heterocycles. The third kappa shape index (κ3) is 2.59. The van der Waals surface area contributed by atoms with Gasteiger partial charge in [-0.05, 0) is 25.5 Å². The van der Waals surface area contributed by atoms with Crippen LogP contribution in [0.5, 0.6) is 0 Å². The number of rotatable bonds is 3. The Bertz CT molecular complexity index is 869. The maximum absolute atomic E-state index is 12.6. The highest BCUT2D eigenvalue weighted by Gasteiger charge is 2.12. The van der Waals surface area contributed by atoms with Crippen LogP contribution in [0.2, 0.25) is 5.02 Å². The topological polar surface area (TPSA) is 47.8 Å². The Balaban J connectivity index is 2.11. The first kappa shape index (κ1) is 14.2. The van der Waals surface area contributed by atoms with E-state index in [0.29, 0.717) is 22.5 Å². The number of aromatic nitrogens is 3. The lowest BCUT2D eigenvalue weighted by Crippen LogP contribution is -2.21. The first-order valence-corrected chi connectivity index (χ1v) is 7.88. The van der Waals surface area contributed by atoms with Crippen molar-refractivity contribution in [3.63, 3.8) is 0 Å². The summed E-state index contributed by atoms with van der Waals surface area (Å²) in [7, 11) is 0. The fourth-order valence-electron chi connectivity index (χ4n) is 2.34. The second kappa shape index (κ2) is 5.58. The summed E-state index contributed by atoms with van der Waals surface area (Å²) >= 11 is 7.76. The summed E-state index contributed by atoms with van der Waals surface area (Å²) < 4.78 is 1.60. The molecule has 2 heterocycles. The molecule has 0 amide bonds. The minimum Gasteiger partial charge on any atom is -0.293 e. The van der Waals surface area contributed by atoms with E-state index in [1.54, 1.807) is 40.4 Å². The highest BCUT2D eigenvalue weighted by Crippen LogP contribution is 2.21. The van der Waals surface area contributed by atoms with Crippen molar-refractivity contribution in [3.05, 3.63) is 55.5 Å². The summed E-state index contributed by atoms with van der Waals surface area (Å²) in [6.45, 7) is 4.53. The molecule has 0 N–H and O–H groups in total. The van der Waals surface area contributed by atoms with Crippen LogP contribution < -0.4 is 5.56 Å². The first-order valence-electron chi connectivity index (χ1n) is 6.69. The van der Waals surface area contributed by atoms with Gasteiger partial charge in [-0.25, -0.2) is 9.97 Å². The molecule has 2 aromatic heterocycles. The van der Waals surface area contributed by atoms with Gasteiger partial charge in [0.2, 0.25) is 0 Å². The molecular weight excluding hydrogens is 306 g/mol. The molecule has 3 rings (SSSR count). The van der Waals surface area contributed by atoms with Gasteiger partial charge in [0.1, 0.15) is 0 Å². The van der Waals surface area contributed by atoms with E-state index in [9.17, 15) is 4.79 Å². The lowest BCUT2D eigenvalue weighted by molar-refractivity contribution is 0.748. The van der Waals surface area contributed by atoms with E-state index in [2.05, 4.69) is 16.9 Å². The molecule has 0 radical (unpaired) electrons. The molecule has 0 saturated heterocycles. The van der Waals surface area contributed by atoms with Crippen LogP contribution in [0.25, 0.3) is 10.9 Å². The van der Waals surface area contributed by atoms with Gasteiger partial charge >= 0.3 is 0 Å². The maximum Gasteiger partial charge on any atom is 0.263 e. The highest BCUT2D eigenvalue weighted by molar-refractivity contribution is 7.11. The van der Waals surface area contributed by atoms with Crippen molar-refractivity contribution in [2.45, 2.75) is 26.8 Å². The molecule has 1 aromatic carbocycles. The van der Waals surface area contributed by atoms with E-state index >= 15 is 0 Å². The van der Waals surface area contributed by atoms with Crippen molar-refractivity contribution in [2.75, 3.05) is 0 Å². The summed E-state index contributed by atoms with van der Waals surface area (Å²) in [4.78, 5) is 22.5. The number of halogens is 1. The van der Waals surface area contributed by atoms with Gasteiger partial charge < -0.3 is 0 Å². The van der Waals surface area contributed by atoms with Crippen LogP contribution in [0.3, 0.4) is 0 Å². The molecule has 0 saturated carbocycles. The highest BCUT2D eigenvalue weighted by atomic mass is 35.5. The van der Waals surface area contributed by atoms with Crippen LogP contribution in [0.1, 0.15) is 22.5 Å². The fraction of sp³-hybridized carbons (Fsp3) is 0.267. The van der Waals surface area contributed by atoms with E-state index < -0.39 is 0 Å². The Labute approximate surface area is 131 Å². The van der Waals surface area contributed by atoms with Gasteiger partial charge in [0.15, 0.2) is 0 Å². The van der Waals surface area contributed by atoms with E-state index in [-0.39, 0.29) is 5.56 Å². The molecule has 0 unspecified atom stereocenters. The Hall–Kier alpha value is -1.72. The van der Waals surface area contributed by atoms with Crippen LogP contribution in [0.4, 0.5) is 0 Å². The molecule has 0 fully saturated rings. The molecular formula is C15H14ClN3OS. The van der Waals surface area contributed by atoms with Gasteiger partial charge in [-0.1, -0.05) is 24.6 Å². The van der Waals surface area contributed by atoms with E-state index in [0.717, 1.165) is 22.0 Å². The van der Waals surface area contributed by atoms with Crippen LogP contribution >= 0.6 is 22.9 Å². The standard InChI is InChI=1S/C15H14ClN3OS/c1-3-11-13(21-9(2)18-11)7-19-8-17-12-6-4-5-10(16)14(12)15(19)20/h4-6,8H,3,7H2,1-2H3. The zero-order valence-electron chi connectivity index (χ0n) is 11.8. The van der Waals surface area contributed by atoms with Gasteiger partial charge in [-0.3, -0.25) is 9.36 Å². The number of thiazole rings is 1. The minimum atomic E-state index is -0.112. The van der Waals surface area contributed by atoms with Gasteiger partial charge in [0.05, 0.1) is 39.5 Å².